The van der Waals surface area contributed by atoms with Crippen LogP contribution in [-0.4, -0.2) is 19.5 Å². The highest BCUT2D eigenvalue weighted by molar-refractivity contribution is 5.81. The summed E-state index contributed by atoms with van der Waals surface area (Å²) in [5.41, 5.74) is 5.84. The number of rotatable bonds is 5. The molecular weight excluding hydrogens is 272 g/mol. The molecule has 0 aliphatic heterocycles. The average molecular weight is 296 g/mol. The summed E-state index contributed by atoms with van der Waals surface area (Å²) in [7, 11) is 1.95. The van der Waals surface area contributed by atoms with Gasteiger partial charge in [0.25, 0.3) is 0 Å². The maximum absolute atomic E-state index is 12.2. The van der Waals surface area contributed by atoms with Crippen LogP contribution in [0.2, 0.25) is 0 Å². The van der Waals surface area contributed by atoms with Gasteiger partial charge in [-0.1, -0.05) is 36.4 Å². The van der Waals surface area contributed by atoms with Crippen molar-refractivity contribution in [3.8, 4) is 0 Å². The summed E-state index contributed by atoms with van der Waals surface area (Å²) in [5.74, 6) is 0.0339. The Morgan fingerprint density at radius 3 is 2.50 bits per heavy atom. The van der Waals surface area contributed by atoms with E-state index in [4.69, 9.17) is 0 Å². The Kier molecular flexibility index (Phi) is 5.21. The number of carbonyl (C=O) groups excluding carboxylic acids is 1. The number of nitrogens with zero attached hydrogens (tertiary/aromatic N) is 1. The highest BCUT2D eigenvalue weighted by Crippen LogP contribution is 2.19. The SMILES string of the molecule is Cc1ccc(C)c(N(C)CC(=O)NCc2ccccc2C)c1. The Balaban J connectivity index is 1.94. The highest BCUT2D eigenvalue weighted by atomic mass is 16.2. The normalized spacial score (nSPS) is 10.4. The first-order chi connectivity index (χ1) is 10.5. The molecule has 1 N–H and O–H groups in total. The van der Waals surface area contributed by atoms with Gasteiger partial charge in [0.2, 0.25) is 5.91 Å². The van der Waals surface area contributed by atoms with E-state index >= 15 is 0 Å². The van der Waals surface area contributed by atoms with Gasteiger partial charge in [-0.05, 0) is 49.1 Å². The van der Waals surface area contributed by atoms with E-state index < -0.39 is 0 Å². The third-order valence-electron chi connectivity index (χ3n) is 3.89. The average Bonchev–Trinajstić information content (AvgIpc) is 2.48. The molecule has 0 aliphatic rings. The summed E-state index contributed by atoms with van der Waals surface area (Å²) in [5, 5.41) is 2.99. The molecule has 0 saturated heterocycles. The number of amides is 1. The molecule has 0 spiro atoms. The highest BCUT2D eigenvalue weighted by Gasteiger charge is 2.10. The molecule has 0 aromatic heterocycles. The van der Waals surface area contributed by atoms with Crippen LogP contribution in [0.1, 0.15) is 22.3 Å². The fraction of sp³-hybridized carbons (Fsp3) is 0.316. The number of anilines is 1. The van der Waals surface area contributed by atoms with Gasteiger partial charge in [-0.15, -0.1) is 0 Å². The lowest BCUT2D eigenvalue weighted by atomic mass is 10.1. The second-order valence-electron chi connectivity index (χ2n) is 5.85. The molecule has 116 valence electrons. The van der Waals surface area contributed by atoms with Crippen LogP contribution >= 0.6 is 0 Å². The van der Waals surface area contributed by atoms with Crippen LogP contribution in [0.3, 0.4) is 0 Å². The Bertz CT molecular complexity index is 664. The van der Waals surface area contributed by atoms with Gasteiger partial charge in [0.05, 0.1) is 6.54 Å². The number of hydrogen-bond acceptors (Lipinski definition) is 2. The first kappa shape index (κ1) is 16.1. The molecule has 2 aromatic rings. The standard InChI is InChI=1S/C19H24N2O/c1-14-9-10-16(3)18(11-14)21(4)13-19(22)20-12-17-8-6-5-7-15(17)2/h5-11H,12-13H2,1-4H3,(H,20,22). The number of benzene rings is 2. The molecule has 0 heterocycles. The second kappa shape index (κ2) is 7.12. The van der Waals surface area contributed by atoms with Crippen molar-refractivity contribution >= 4 is 11.6 Å². The summed E-state index contributed by atoms with van der Waals surface area (Å²) in [6, 6.07) is 14.4. The number of aryl methyl sites for hydroxylation is 3. The minimum Gasteiger partial charge on any atom is -0.365 e. The zero-order chi connectivity index (χ0) is 16.1. The molecule has 0 fully saturated rings. The van der Waals surface area contributed by atoms with Crippen molar-refractivity contribution in [3.05, 3.63) is 64.7 Å². The monoisotopic (exact) mass is 296 g/mol. The van der Waals surface area contributed by atoms with Gasteiger partial charge in [0.1, 0.15) is 0 Å². The Morgan fingerprint density at radius 2 is 1.77 bits per heavy atom. The topological polar surface area (TPSA) is 32.3 Å². The molecule has 0 bridgehead atoms. The van der Waals surface area contributed by atoms with E-state index in [1.54, 1.807) is 0 Å². The second-order valence-corrected chi connectivity index (χ2v) is 5.85. The molecule has 0 radical (unpaired) electrons. The van der Waals surface area contributed by atoms with Crippen molar-refractivity contribution in [2.45, 2.75) is 27.3 Å². The lowest BCUT2D eigenvalue weighted by Crippen LogP contribution is -2.35. The summed E-state index contributed by atoms with van der Waals surface area (Å²) in [4.78, 5) is 14.2. The molecule has 0 saturated carbocycles. The number of likely N-dealkylation sites (N-methyl/N-ethyl adjacent to an activating group) is 1. The van der Waals surface area contributed by atoms with Crippen molar-refractivity contribution < 1.29 is 4.79 Å². The summed E-state index contributed by atoms with van der Waals surface area (Å²) in [6.45, 7) is 7.12. The summed E-state index contributed by atoms with van der Waals surface area (Å²) < 4.78 is 0. The number of hydrogen-bond donors (Lipinski definition) is 1. The van der Waals surface area contributed by atoms with Gasteiger partial charge < -0.3 is 10.2 Å². The van der Waals surface area contributed by atoms with E-state index in [9.17, 15) is 4.79 Å². The first-order valence-corrected chi connectivity index (χ1v) is 7.57. The van der Waals surface area contributed by atoms with Gasteiger partial charge in [-0.2, -0.15) is 0 Å². The van der Waals surface area contributed by atoms with E-state index in [0.717, 1.165) is 11.3 Å². The molecule has 0 atom stereocenters. The van der Waals surface area contributed by atoms with E-state index in [2.05, 4.69) is 50.4 Å². The summed E-state index contributed by atoms with van der Waals surface area (Å²) >= 11 is 0. The number of nitrogens with one attached hydrogen (secondary N) is 1. The molecule has 2 rings (SSSR count). The van der Waals surface area contributed by atoms with Crippen molar-refractivity contribution in [2.24, 2.45) is 0 Å². The van der Waals surface area contributed by atoms with Gasteiger partial charge in [0.15, 0.2) is 0 Å². The van der Waals surface area contributed by atoms with Gasteiger partial charge >= 0.3 is 0 Å². The minimum absolute atomic E-state index is 0.0339. The van der Waals surface area contributed by atoms with Crippen molar-refractivity contribution in [2.75, 3.05) is 18.5 Å². The van der Waals surface area contributed by atoms with Crippen molar-refractivity contribution in [1.82, 2.24) is 5.32 Å². The molecule has 0 aliphatic carbocycles. The van der Waals surface area contributed by atoms with Crippen LogP contribution in [0, 0.1) is 20.8 Å². The summed E-state index contributed by atoms with van der Waals surface area (Å²) in [6.07, 6.45) is 0. The zero-order valence-corrected chi connectivity index (χ0v) is 13.8. The number of carbonyl (C=O) groups is 1. The molecule has 3 nitrogen and oxygen atoms in total. The molecule has 1 amide bonds. The van der Waals surface area contributed by atoms with Crippen molar-refractivity contribution in [3.63, 3.8) is 0 Å². The lowest BCUT2D eigenvalue weighted by Gasteiger charge is -2.21. The molecule has 22 heavy (non-hydrogen) atoms. The Labute approximate surface area is 133 Å². The van der Waals surface area contributed by atoms with Gasteiger partial charge in [-0.3, -0.25) is 4.79 Å². The first-order valence-electron chi connectivity index (χ1n) is 7.57. The zero-order valence-electron chi connectivity index (χ0n) is 13.8. The molecule has 0 unspecified atom stereocenters. The van der Waals surface area contributed by atoms with Crippen LogP contribution in [0.25, 0.3) is 0 Å². The Hall–Kier alpha value is -2.29. The largest absolute Gasteiger partial charge is 0.365 e. The molecular formula is C19H24N2O. The predicted octanol–water partition coefficient (Wildman–Crippen LogP) is 3.36. The van der Waals surface area contributed by atoms with E-state index in [0.29, 0.717) is 13.1 Å². The van der Waals surface area contributed by atoms with Crippen LogP contribution in [0.15, 0.2) is 42.5 Å². The molecule has 2 aromatic carbocycles. The third kappa shape index (κ3) is 4.10. The van der Waals surface area contributed by atoms with Gasteiger partial charge in [-0.25, -0.2) is 0 Å². The minimum atomic E-state index is 0.0339. The maximum Gasteiger partial charge on any atom is 0.239 e. The van der Waals surface area contributed by atoms with Crippen LogP contribution in [0.5, 0.6) is 0 Å². The predicted molar refractivity (Wildman–Crippen MR) is 92.2 cm³/mol. The quantitative estimate of drug-likeness (QED) is 0.917. The van der Waals surface area contributed by atoms with Gasteiger partial charge in [0, 0.05) is 19.3 Å². The Morgan fingerprint density at radius 1 is 1.05 bits per heavy atom. The molecule has 3 heteroatoms. The van der Waals surface area contributed by atoms with E-state index in [1.807, 2.05) is 30.1 Å². The van der Waals surface area contributed by atoms with Crippen LogP contribution in [0.4, 0.5) is 5.69 Å². The smallest absolute Gasteiger partial charge is 0.239 e. The van der Waals surface area contributed by atoms with Crippen LogP contribution in [-0.2, 0) is 11.3 Å². The lowest BCUT2D eigenvalue weighted by molar-refractivity contribution is -0.119. The van der Waals surface area contributed by atoms with E-state index in [1.165, 1.54) is 16.7 Å². The van der Waals surface area contributed by atoms with E-state index in [-0.39, 0.29) is 5.91 Å². The third-order valence-corrected chi connectivity index (χ3v) is 3.89. The van der Waals surface area contributed by atoms with Crippen LogP contribution < -0.4 is 10.2 Å². The fourth-order valence-electron chi connectivity index (χ4n) is 2.49. The maximum atomic E-state index is 12.2. The fourth-order valence-corrected chi connectivity index (χ4v) is 2.49. The van der Waals surface area contributed by atoms with Crippen molar-refractivity contribution in [1.29, 1.82) is 0 Å².